The van der Waals surface area contributed by atoms with Crippen LogP contribution in [-0.4, -0.2) is 46.1 Å². The number of hydrogen-bond acceptors (Lipinski definition) is 7. The lowest BCUT2D eigenvalue weighted by Gasteiger charge is -2.28. The zero-order valence-electron chi connectivity index (χ0n) is 22.7. The molecule has 0 saturated carbocycles. The SMILES string of the molecule is CC(C)c1ccccc1N1C(=O)CSC1NNCOC1CC=C(c2ccn(-c3ccc(OC(F)(F)F)cc3)n2)CC1. The molecule has 8 nitrogen and oxygen atoms in total. The molecule has 3 aromatic rings. The molecule has 12 heteroatoms. The number of carbonyl (C=O) groups excluding carboxylic acids is 1. The van der Waals surface area contributed by atoms with Crippen molar-refractivity contribution in [1.82, 2.24) is 20.6 Å². The van der Waals surface area contributed by atoms with Crippen molar-refractivity contribution in [2.75, 3.05) is 17.4 Å². The summed E-state index contributed by atoms with van der Waals surface area (Å²) >= 11 is 1.54. The van der Waals surface area contributed by atoms with Gasteiger partial charge in [0.05, 0.1) is 23.2 Å². The Balaban J connectivity index is 1.10. The number of halogens is 3. The van der Waals surface area contributed by atoms with Crippen LogP contribution in [0.4, 0.5) is 18.9 Å². The first kappa shape index (κ1) is 29.2. The van der Waals surface area contributed by atoms with Crippen LogP contribution in [0.2, 0.25) is 0 Å². The number of amides is 1. The van der Waals surface area contributed by atoms with Crippen molar-refractivity contribution >= 4 is 28.9 Å². The van der Waals surface area contributed by atoms with Crippen molar-refractivity contribution in [2.24, 2.45) is 0 Å². The van der Waals surface area contributed by atoms with E-state index >= 15 is 0 Å². The maximum absolute atomic E-state index is 12.7. The number of aromatic nitrogens is 2. The van der Waals surface area contributed by atoms with Crippen LogP contribution in [0.5, 0.6) is 5.75 Å². The average Bonchev–Trinajstić information content (AvgIpc) is 3.58. The number of para-hydroxylation sites is 1. The van der Waals surface area contributed by atoms with Crippen LogP contribution in [0.15, 0.2) is 66.9 Å². The van der Waals surface area contributed by atoms with Gasteiger partial charge >= 0.3 is 6.36 Å². The van der Waals surface area contributed by atoms with Gasteiger partial charge in [-0.05, 0) is 72.7 Å². The van der Waals surface area contributed by atoms with E-state index < -0.39 is 6.36 Å². The minimum Gasteiger partial charge on any atom is -0.406 e. The van der Waals surface area contributed by atoms with Gasteiger partial charge in [-0.2, -0.15) is 5.10 Å². The molecule has 0 spiro atoms. The fraction of sp³-hybridized carbons (Fsp3) is 0.379. The third-order valence-electron chi connectivity index (χ3n) is 6.92. The smallest absolute Gasteiger partial charge is 0.406 e. The van der Waals surface area contributed by atoms with E-state index in [9.17, 15) is 18.0 Å². The van der Waals surface area contributed by atoms with Crippen molar-refractivity contribution < 1.29 is 27.4 Å². The van der Waals surface area contributed by atoms with Gasteiger partial charge in [-0.25, -0.2) is 15.5 Å². The van der Waals surface area contributed by atoms with Gasteiger partial charge in [0.2, 0.25) is 5.91 Å². The molecule has 2 heterocycles. The quantitative estimate of drug-likeness (QED) is 0.172. The third kappa shape index (κ3) is 7.31. The molecule has 1 saturated heterocycles. The van der Waals surface area contributed by atoms with E-state index in [0.717, 1.165) is 41.8 Å². The van der Waals surface area contributed by atoms with Crippen molar-refractivity contribution in [2.45, 2.75) is 57.0 Å². The second kappa shape index (κ2) is 12.7. The standard InChI is InChI=1S/C29H32F3N5O3S/c1-19(2)24-5-3-4-6-26(24)37-27(38)17-41-28(37)34-33-18-39-22-11-7-20(8-12-22)25-15-16-36(35-25)21-9-13-23(14-10-21)40-29(30,31)32/h3-7,9-10,13-16,19,22,28,33-34H,8,11-12,17-18H2,1-2H3. The number of hydrogen-bond donors (Lipinski definition) is 2. The number of benzene rings is 2. The molecule has 0 bridgehead atoms. The molecule has 2 unspecified atom stereocenters. The van der Waals surface area contributed by atoms with E-state index in [2.05, 4.69) is 46.7 Å². The molecule has 218 valence electrons. The first-order valence-electron chi connectivity index (χ1n) is 13.4. The number of alkyl halides is 3. The summed E-state index contributed by atoms with van der Waals surface area (Å²) < 4.78 is 48.8. The summed E-state index contributed by atoms with van der Waals surface area (Å²) in [5.74, 6) is 0.510. The number of rotatable bonds is 10. The van der Waals surface area contributed by atoms with Crippen molar-refractivity contribution in [3.63, 3.8) is 0 Å². The molecule has 0 radical (unpaired) electrons. The molecule has 1 aliphatic heterocycles. The number of nitrogens with one attached hydrogen (secondary N) is 2. The Labute approximate surface area is 240 Å². The van der Waals surface area contributed by atoms with Crippen molar-refractivity contribution in [3.8, 4) is 11.4 Å². The van der Waals surface area contributed by atoms with Crippen LogP contribution in [0, 0.1) is 0 Å². The number of carbonyl (C=O) groups is 1. The summed E-state index contributed by atoms with van der Waals surface area (Å²) in [6.07, 6.45) is 1.57. The molecule has 2 aromatic carbocycles. The Bertz CT molecular complexity index is 1380. The van der Waals surface area contributed by atoms with Gasteiger partial charge in [-0.15, -0.1) is 24.9 Å². The number of thioether (sulfide) groups is 1. The maximum atomic E-state index is 12.7. The Hall–Kier alpha value is -3.32. The van der Waals surface area contributed by atoms with E-state index in [1.807, 2.05) is 29.2 Å². The molecule has 1 aliphatic carbocycles. The first-order valence-corrected chi connectivity index (χ1v) is 14.5. The largest absolute Gasteiger partial charge is 0.573 e. The Morgan fingerprint density at radius 2 is 1.90 bits per heavy atom. The zero-order valence-corrected chi connectivity index (χ0v) is 23.5. The highest BCUT2D eigenvalue weighted by Crippen LogP contribution is 2.34. The van der Waals surface area contributed by atoms with Gasteiger partial charge in [0.1, 0.15) is 18.0 Å². The highest BCUT2D eigenvalue weighted by atomic mass is 32.2. The average molecular weight is 588 g/mol. The monoisotopic (exact) mass is 587 g/mol. The van der Waals surface area contributed by atoms with Gasteiger partial charge in [0.25, 0.3) is 0 Å². The molecule has 2 atom stereocenters. The van der Waals surface area contributed by atoms with Gasteiger partial charge < -0.3 is 9.47 Å². The van der Waals surface area contributed by atoms with Crippen molar-refractivity contribution in [1.29, 1.82) is 0 Å². The molecule has 5 rings (SSSR count). The van der Waals surface area contributed by atoms with Gasteiger partial charge in [0.15, 0.2) is 0 Å². The van der Waals surface area contributed by atoms with Crippen LogP contribution in [-0.2, 0) is 9.53 Å². The lowest BCUT2D eigenvalue weighted by Crippen LogP contribution is -2.49. The van der Waals surface area contributed by atoms with Gasteiger partial charge in [-0.1, -0.05) is 38.1 Å². The zero-order chi connectivity index (χ0) is 29.0. The van der Waals surface area contributed by atoms with Gasteiger partial charge in [-0.3, -0.25) is 9.69 Å². The minimum atomic E-state index is -4.72. The van der Waals surface area contributed by atoms with Crippen LogP contribution < -0.4 is 20.5 Å². The Morgan fingerprint density at radius 3 is 2.61 bits per heavy atom. The lowest BCUT2D eigenvalue weighted by atomic mass is 9.95. The summed E-state index contributed by atoms with van der Waals surface area (Å²) in [6, 6.07) is 15.5. The van der Waals surface area contributed by atoms with Crippen LogP contribution in [0.3, 0.4) is 0 Å². The lowest BCUT2D eigenvalue weighted by molar-refractivity contribution is -0.274. The van der Waals surface area contributed by atoms with Crippen LogP contribution in [0.1, 0.15) is 50.3 Å². The molecule has 41 heavy (non-hydrogen) atoms. The number of hydrazine groups is 1. The maximum Gasteiger partial charge on any atom is 0.573 e. The fourth-order valence-corrected chi connectivity index (χ4v) is 5.90. The van der Waals surface area contributed by atoms with Crippen molar-refractivity contribution in [3.05, 3.63) is 78.1 Å². The second-order valence-electron chi connectivity index (χ2n) is 10.1. The molecular formula is C29H32F3N5O3S. The number of ether oxygens (including phenoxy) is 2. The number of nitrogens with zero attached hydrogens (tertiary/aromatic N) is 3. The third-order valence-corrected chi connectivity index (χ3v) is 7.98. The molecule has 2 aliphatic rings. The molecule has 2 N–H and O–H groups in total. The van der Waals surface area contributed by atoms with E-state index in [1.165, 1.54) is 36.0 Å². The Kier molecular flexibility index (Phi) is 9.03. The normalized spacial score (nSPS) is 19.6. The van der Waals surface area contributed by atoms with Crippen LogP contribution in [0.25, 0.3) is 11.3 Å². The predicted molar refractivity (Wildman–Crippen MR) is 152 cm³/mol. The summed E-state index contributed by atoms with van der Waals surface area (Å²) in [4.78, 5) is 14.5. The molecule has 1 amide bonds. The summed E-state index contributed by atoms with van der Waals surface area (Å²) in [5, 5.41) is 4.60. The van der Waals surface area contributed by atoms with E-state index in [-0.39, 0.29) is 23.3 Å². The summed E-state index contributed by atoms with van der Waals surface area (Å²) in [5.41, 5.74) is 10.8. The van der Waals surface area contributed by atoms with E-state index in [0.29, 0.717) is 24.1 Å². The topological polar surface area (TPSA) is 80.7 Å². The molecular weight excluding hydrogens is 555 g/mol. The van der Waals surface area contributed by atoms with Gasteiger partial charge in [0, 0.05) is 11.9 Å². The highest BCUT2D eigenvalue weighted by molar-refractivity contribution is 8.01. The summed E-state index contributed by atoms with van der Waals surface area (Å²) in [7, 11) is 0. The van der Waals surface area contributed by atoms with E-state index in [1.54, 1.807) is 10.9 Å². The molecule has 1 fully saturated rings. The number of allylic oxidation sites excluding steroid dienone is 1. The summed E-state index contributed by atoms with van der Waals surface area (Å²) in [6.45, 7) is 4.53. The van der Waals surface area contributed by atoms with E-state index in [4.69, 9.17) is 4.74 Å². The Morgan fingerprint density at radius 1 is 1.12 bits per heavy atom. The second-order valence-corrected chi connectivity index (χ2v) is 11.2. The highest BCUT2D eigenvalue weighted by Gasteiger charge is 2.34. The van der Waals surface area contributed by atoms with Crippen LogP contribution >= 0.6 is 11.8 Å². The fourth-order valence-electron chi connectivity index (χ4n) is 4.91. The number of anilines is 1. The minimum absolute atomic E-state index is 0.0481. The predicted octanol–water partition coefficient (Wildman–Crippen LogP) is 5.96. The molecule has 1 aromatic heterocycles. The first-order chi connectivity index (χ1) is 19.7.